The number of fused-ring (bicyclic) bond motifs is 1. The van der Waals surface area contributed by atoms with E-state index in [4.69, 9.17) is 14.5 Å². The fourth-order valence-electron chi connectivity index (χ4n) is 4.26. The second-order valence-electron chi connectivity index (χ2n) is 7.77. The van der Waals surface area contributed by atoms with Crippen LogP contribution in [0.25, 0.3) is 11.4 Å². The van der Waals surface area contributed by atoms with Crippen LogP contribution in [0.3, 0.4) is 0 Å². The molecule has 2 unspecified atom stereocenters. The molecule has 0 spiro atoms. The Morgan fingerprint density at radius 1 is 1.13 bits per heavy atom. The number of hydrogen-bond acceptors (Lipinski definition) is 6. The summed E-state index contributed by atoms with van der Waals surface area (Å²) in [6.07, 6.45) is 0.794. The average Bonchev–Trinajstić information content (AvgIpc) is 3.11. The van der Waals surface area contributed by atoms with E-state index in [1.54, 1.807) is 24.8 Å². The second kappa shape index (κ2) is 8.51. The predicted molar refractivity (Wildman–Crippen MR) is 121 cm³/mol. The van der Waals surface area contributed by atoms with Gasteiger partial charge in [-0.05, 0) is 38.0 Å². The highest BCUT2D eigenvalue weighted by Gasteiger charge is 2.34. The van der Waals surface area contributed by atoms with Crippen LogP contribution in [0.2, 0.25) is 0 Å². The monoisotopic (exact) mass is 420 g/mol. The van der Waals surface area contributed by atoms with Gasteiger partial charge in [-0.2, -0.15) is 0 Å². The number of anilines is 1. The Bertz CT molecular complexity index is 1170. The molecule has 1 aromatic carbocycles. The third kappa shape index (κ3) is 3.81. The van der Waals surface area contributed by atoms with Crippen molar-refractivity contribution in [1.29, 1.82) is 0 Å². The standard InChI is InChI=1S/C24H28N4O3/c1-6-31-19-13-16-9-7-8-10-18(16)22(19)27-21-15(3)26-23(28(4)24(21)29)17-11-12-20(30-5)25-14(17)2/h7-12,19,22,27H,6,13H2,1-5H3. The van der Waals surface area contributed by atoms with Crippen LogP contribution < -0.4 is 15.6 Å². The summed E-state index contributed by atoms with van der Waals surface area (Å²) in [6, 6.07) is 11.8. The molecule has 0 fully saturated rings. The first-order valence-electron chi connectivity index (χ1n) is 10.5. The van der Waals surface area contributed by atoms with Crippen LogP contribution in [0.1, 0.15) is 35.5 Å². The molecule has 162 valence electrons. The van der Waals surface area contributed by atoms with Crippen LogP contribution in [0.15, 0.2) is 41.2 Å². The van der Waals surface area contributed by atoms with E-state index in [2.05, 4.69) is 22.4 Å². The fraction of sp³-hybridized carbons (Fsp3) is 0.375. The molecule has 0 saturated heterocycles. The van der Waals surface area contributed by atoms with Gasteiger partial charge in [-0.15, -0.1) is 0 Å². The van der Waals surface area contributed by atoms with Crippen molar-refractivity contribution >= 4 is 5.69 Å². The number of aryl methyl sites for hydroxylation is 2. The maximum atomic E-state index is 13.4. The summed E-state index contributed by atoms with van der Waals surface area (Å²) in [5.41, 5.74) is 4.98. The highest BCUT2D eigenvalue weighted by Crippen LogP contribution is 2.36. The van der Waals surface area contributed by atoms with Crippen molar-refractivity contribution in [3.05, 3.63) is 69.3 Å². The minimum absolute atomic E-state index is 0.0285. The molecule has 4 rings (SSSR count). The molecule has 31 heavy (non-hydrogen) atoms. The van der Waals surface area contributed by atoms with Gasteiger partial charge in [0.25, 0.3) is 5.56 Å². The molecule has 7 nitrogen and oxygen atoms in total. The zero-order chi connectivity index (χ0) is 22.1. The van der Waals surface area contributed by atoms with Crippen molar-refractivity contribution in [2.75, 3.05) is 19.0 Å². The average molecular weight is 421 g/mol. The van der Waals surface area contributed by atoms with E-state index in [1.165, 1.54) is 11.1 Å². The Kier molecular flexibility index (Phi) is 5.78. The number of aromatic nitrogens is 3. The van der Waals surface area contributed by atoms with Gasteiger partial charge in [-0.1, -0.05) is 24.3 Å². The van der Waals surface area contributed by atoms with Gasteiger partial charge in [0.2, 0.25) is 5.88 Å². The number of nitrogens with zero attached hydrogens (tertiary/aromatic N) is 3. The topological polar surface area (TPSA) is 78.3 Å². The van der Waals surface area contributed by atoms with Crippen molar-refractivity contribution in [1.82, 2.24) is 14.5 Å². The number of ether oxygens (including phenoxy) is 2. The van der Waals surface area contributed by atoms with Gasteiger partial charge >= 0.3 is 0 Å². The van der Waals surface area contributed by atoms with Crippen LogP contribution in [-0.4, -0.2) is 34.4 Å². The zero-order valence-electron chi connectivity index (χ0n) is 18.6. The largest absolute Gasteiger partial charge is 0.481 e. The highest BCUT2D eigenvalue weighted by atomic mass is 16.5. The van der Waals surface area contributed by atoms with Gasteiger partial charge < -0.3 is 14.8 Å². The SMILES string of the molecule is CCOC1Cc2ccccc2C1Nc1c(C)nc(-c2ccc(OC)nc2C)n(C)c1=O. The van der Waals surface area contributed by atoms with E-state index in [0.29, 0.717) is 29.7 Å². The Morgan fingerprint density at radius 3 is 2.61 bits per heavy atom. The Morgan fingerprint density at radius 2 is 1.90 bits per heavy atom. The van der Waals surface area contributed by atoms with E-state index in [0.717, 1.165) is 17.7 Å². The van der Waals surface area contributed by atoms with E-state index in [-0.39, 0.29) is 17.7 Å². The molecule has 0 radical (unpaired) electrons. The molecule has 2 heterocycles. The van der Waals surface area contributed by atoms with E-state index in [1.807, 2.05) is 39.0 Å². The number of methoxy groups -OCH3 is 1. The van der Waals surface area contributed by atoms with Crippen molar-refractivity contribution in [2.24, 2.45) is 7.05 Å². The van der Waals surface area contributed by atoms with Crippen molar-refractivity contribution in [2.45, 2.75) is 39.3 Å². The molecule has 3 aromatic rings. The van der Waals surface area contributed by atoms with Gasteiger partial charge in [0.1, 0.15) is 11.5 Å². The maximum absolute atomic E-state index is 13.4. The Hall–Kier alpha value is -3.19. The highest BCUT2D eigenvalue weighted by molar-refractivity contribution is 5.62. The maximum Gasteiger partial charge on any atom is 0.277 e. The summed E-state index contributed by atoms with van der Waals surface area (Å²) in [7, 11) is 3.32. The molecular weight excluding hydrogens is 392 g/mol. The number of hydrogen-bond donors (Lipinski definition) is 1. The molecule has 0 saturated carbocycles. The first kappa shape index (κ1) is 21.1. The molecular formula is C24H28N4O3. The first-order chi connectivity index (χ1) is 14.9. The summed E-state index contributed by atoms with van der Waals surface area (Å²) in [5.74, 6) is 1.11. The minimum Gasteiger partial charge on any atom is -0.481 e. The summed E-state index contributed by atoms with van der Waals surface area (Å²) >= 11 is 0. The van der Waals surface area contributed by atoms with Crippen molar-refractivity contribution in [3.8, 4) is 17.3 Å². The summed E-state index contributed by atoms with van der Waals surface area (Å²) < 4.78 is 12.8. The van der Waals surface area contributed by atoms with Crippen LogP contribution >= 0.6 is 0 Å². The molecule has 1 N–H and O–H groups in total. The number of benzene rings is 1. The van der Waals surface area contributed by atoms with Crippen molar-refractivity contribution < 1.29 is 9.47 Å². The fourth-order valence-corrected chi connectivity index (χ4v) is 4.26. The predicted octanol–water partition coefficient (Wildman–Crippen LogP) is 3.58. The lowest BCUT2D eigenvalue weighted by atomic mass is 10.1. The number of rotatable bonds is 6. The van der Waals surface area contributed by atoms with Crippen LogP contribution in [0.5, 0.6) is 5.88 Å². The van der Waals surface area contributed by atoms with Crippen molar-refractivity contribution in [3.63, 3.8) is 0 Å². The molecule has 1 aliphatic rings. The quantitative estimate of drug-likeness (QED) is 0.657. The lowest BCUT2D eigenvalue weighted by Crippen LogP contribution is -2.31. The molecule has 7 heteroatoms. The molecule has 0 bridgehead atoms. The van der Waals surface area contributed by atoms with Gasteiger partial charge in [-0.25, -0.2) is 9.97 Å². The number of pyridine rings is 1. The van der Waals surface area contributed by atoms with Gasteiger partial charge in [0.05, 0.1) is 30.6 Å². The third-order valence-electron chi connectivity index (χ3n) is 5.85. The lowest BCUT2D eigenvalue weighted by molar-refractivity contribution is 0.0574. The minimum atomic E-state index is -0.127. The van der Waals surface area contributed by atoms with Crippen LogP contribution in [0, 0.1) is 13.8 Å². The third-order valence-corrected chi connectivity index (χ3v) is 5.85. The van der Waals surface area contributed by atoms with E-state index >= 15 is 0 Å². The summed E-state index contributed by atoms with van der Waals surface area (Å²) in [6.45, 7) is 6.35. The smallest absolute Gasteiger partial charge is 0.277 e. The number of nitrogens with one attached hydrogen (secondary N) is 1. The van der Waals surface area contributed by atoms with Crippen LogP contribution in [0.4, 0.5) is 5.69 Å². The normalized spacial score (nSPS) is 17.5. The molecule has 0 aliphatic heterocycles. The van der Waals surface area contributed by atoms with E-state index < -0.39 is 0 Å². The van der Waals surface area contributed by atoms with Gasteiger partial charge in [0, 0.05) is 31.7 Å². The lowest BCUT2D eigenvalue weighted by Gasteiger charge is -2.24. The second-order valence-corrected chi connectivity index (χ2v) is 7.77. The Balaban J connectivity index is 1.74. The van der Waals surface area contributed by atoms with Crippen LogP contribution in [-0.2, 0) is 18.2 Å². The molecule has 2 aromatic heterocycles. The molecule has 0 amide bonds. The summed E-state index contributed by atoms with van der Waals surface area (Å²) in [5, 5.41) is 3.46. The Labute approximate surface area is 182 Å². The zero-order valence-corrected chi connectivity index (χ0v) is 18.6. The molecule has 2 atom stereocenters. The first-order valence-corrected chi connectivity index (χ1v) is 10.5. The molecule has 1 aliphatic carbocycles. The summed E-state index contributed by atoms with van der Waals surface area (Å²) in [4.78, 5) is 22.5. The van der Waals surface area contributed by atoms with Gasteiger partial charge in [-0.3, -0.25) is 9.36 Å². The van der Waals surface area contributed by atoms with E-state index in [9.17, 15) is 4.79 Å². The van der Waals surface area contributed by atoms with Gasteiger partial charge in [0.15, 0.2) is 0 Å².